The fraction of sp³-hybridized carbons (Fsp3) is 0.211. The smallest absolute Gasteiger partial charge is 0.322 e. The molecular weight excluding hydrogens is 370 g/mol. The van der Waals surface area contributed by atoms with Crippen LogP contribution in [0.25, 0.3) is 0 Å². The maximum atomic E-state index is 12.2. The lowest BCUT2D eigenvalue weighted by atomic mass is 10.1. The van der Waals surface area contributed by atoms with Gasteiger partial charge in [0.2, 0.25) is 5.89 Å². The van der Waals surface area contributed by atoms with Crippen molar-refractivity contribution in [3.05, 3.63) is 70.6 Å². The Bertz CT molecular complexity index is 894. The van der Waals surface area contributed by atoms with E-state index in [1.807, 2.05) is 23.9 Å². The summed E-state index contributed by atoms with van der Waals surface area (Å²) in [5, 5.41) is 11.3. The summed E-state index contributed by atoms with van der Waals surface area (Å²) in [7, 11) is 0. The number of aromatic nitrogens is 2. The number of thioether (sulfide) groups is 1. The van der Waals surface area contributed by atoms with Crippen molar-refractivity contribution < 1.29 is 9.21 Å². The number of halogens is 1. The molecule has 26 heavy (non-hydrogen) atoms. The Morgan fingerprint density at radius 1 is 1.15 bits per heavy atom. The number of carbonyl (C=O) groups excluding carboxylic acids is 1. The van der Waals surface area contributed by atoms with Crippen molar-refractivity contribution in [1.82, 2.24) is 10.2 Å². The maximum absolute atomic E-state index is 12.2. The number of nitrogens with zero attached hydrogens (tertiary/aromatic N) is 2. The molecule has 0 aliphatic heterocycles. The zero-order valence-electron chi connectivity index (χ0n) is 14.4. The Balaban J connectivity index is 1.63. The molecule has 0 fully saturated rings. The summed E-state index contributed by atoms with van der Waals surface area (Å²) in [6.07, 6.45) is 0.502. The van der Waals surface area contributed by atoms with Gasteiger partial charge in [0, 0.05) is 10.1 Å². The number of hydrogen-bond acceptors (Lipinski definition) is 5. The third kappa shape index (κ3) is 4.86. The lowest BCUT2D eigenvalue weighted by molar-refractivity contribution is 0.102. The maximum Gasteiger partial charge on any atom is 0.322 e. The van der Waals surface area contributed by atoms with Gasteiger partial charge >= 0.3 is 6.01 Å². The van der Waals surface area contributed by atoms with Crippen molar-refractivity contribution in [2.75, 3.05) is 5.32 Å². The van der Waals surface area contributed by atoms with E-state index in [0.29, 0.717) is 28.1 Å². The van der Waals surface area contributed by atoms with Crippen molar-refractivity contribution in [2.24, 2.45) is 0 Å². The first-order chi connectivity index (χ1) is 12.5. The van der Waals surface area contributed by atoms with E-state index < -0.39 is 0 Å². The number of hydrogen-bond donors (Lipinski definition) is 1. The molecule has 0 bridgehead atoms. The second kappa shape index (κ2) is 8.38. The van der Waals surface area contributed by atoms with E-state index in [9.17, 15) is 4.79 Å². The zero-order chi connectivity index (χ0) is 18.5. The van der Waals surface area contributed by atoms with Gasteiger partial charge in [-0.25, -0.2) is 0 Å². The molecular formula is C19H18ClN3O2S. The molecule has 0 radical (unpaired) electrons. The monoisotopic (exact) mass is 387 g/mol. The Morgan fingerprint density at radius 2 is 1.88 bits per heavy atom. The van der Waals surface area contributed by atoms with Crippen LogP contribution in [0.1, 0.15) is 35.7 Å². The molecule has 2 aromatic carbocycles. The minimum Gasteiger partial charge on any atom is -0.407 e. The van der Waals surface area contributed by atoms with Crippen LogP contribution in [0.4, 0.5) is 6.01 Å². The second-order valence-corrected chi connectivity index (χ2v) is 7.98. The summed E-state index contributed by atoms with van der Waals surface area (Å²) in [5.41, 5.74) is 1.41. The Hall–Kier alpha value is -2.31. The highest BCUT2D eigenvalue weighted by atomic mass is 35.5. The Labute approximate surface area is 161 Å². The van der Waals surface area contributed by atoms with Crippen LogP contribution in [0.15, 0.2) is 57.8 Å². The quantitative estimate of drug-likeness (QED) is 0.598. The number of carbonyl (C=O) groups is 1. The van der Waals surface area contributed by atoms with Crippen LogP contribution in [0.3, 0.4) is 0 Å². The van der Waals surface area contributed by atoms with E-state index in [-0.39, 0.29) is 11.9 Å². The molecule has 7 heteroatoms. The van der Waals surface area contributed by atoms with Crippen molar-refractivity contribution in [3.8, 4) is 0 Å². The SMILES string of the molecule is CC(C)Sc1ccc(Cc2nnc(NC(=O)c3ccccc3Cl)o2)cc1. The fourth-order valence-corrected chi connectivity index (χ4v) is 3.38. The topological polar surface area (TPSA) is 68.0 Å². The molecule has 5 nitrogen and oxygen atoms in total. The highest BCUT2D eigenvalue weighted by Crippen LogP contribution is 2.23. The van der Waals surface area contributed by atoms with Gasteiger partial charge in [0.15, 0.2) is 0 Å². The van der Waals surface area contributed by atoms with Gasteiger partial charge in [-0.05, 0) is 29.8 Å². The second-order valence-electron chi connectivity index (χ2n) is 5.92. The third-order valence-electron chi connectivity index (χ3n) is 3.46. The summed E-state index contributed by atoms with van der Waals surface area (Å²) >= 11 is 7.83. The van der Waals surface area contributed by atoms with Gasteiger partial charge in [-0.2, -0.15) is 0 Å². The van der Waals surface area contributed by atoms with Crippen molar-refractivity contribution in [3.63, 3.8) is 0 Å². The predicted molar refractivity (Wildman–Crippen MR) is 104 cm³/mol. The summed E-state index contributed by atoms with van der Waals surface area (Å²) in [6, 6.07) is 15.1. The van der Waals surface area contributed by atoms with E-state index in [4.69, 9.17) is 16.0 Å². The highest BCUT2D eigenvalue weighted by molar-refractivity contribution is 7.99. The molecule has 0 aliphatic carbocycles. The first-order valence-corrected chi connectivity index (χ1v) is 9.41. The van der Waals surface area contributed by atoms with E-state index in [0.717, 1.165) is 5.56 Å². The number of nitrogens with one attached hydrogen (secondary N) is 1. The number of benzene rings is 2. The van der Waals surface area contributed by atoms with Crippen molar-refractivity contribution in [2.45, 2.75) is 30.4 Å². The van der Waals surface area contributed by atoms with Gasteiger partial charge in [0.25, 0.3) is 5.91 Å². The minimum atomic E-state index is -0.388. The minimum absolute atomic E-state index is 0.0527. The van der Waals surface area contributed by atoms with E-state index in [2.05, 4.69) is 41.5 Å². The lowest BCUT2D eigenvalue weighted by Gasteiger charge is -2.05. The van der Waals surface area contributed by atoms with Crippen molar-refractivity contribution in [1.29, 1.82) is 0 Å². The van der Waals surface area contributed by atoms with E-state index >= 15 is 0 Å². The molecule has 0 atom stereocenters. The fourth-order valence-electron chi connectivity index (χ4n) is 2.32. The van der Waals surface area contributed by atoms with E-state index in [1.54, 1.807) is 24.3 Å². The molecule has 134 valence electrons. The molecule has 1 amide bonds. The van der Waals surface area contributed by atoms with Crippen LogP contribution >= 0.6 is 23.4 Å². The van der Waals surface area contributed by atoms with Crippen LogP contribution in [-0.4, -0.2) is 21.4 Å². The normalized spacial score (nSPS) is 10.9. The molecule has 0 aliphatic rings. The van der Waals surface area contributed by atoms with Crippen LogP contribution in [0.5, 0.6) is 0 Å². The first-order valence-electron chi connectivity index (χ1n) is 8.15. The number of amides is 1. The third-order valence-corrected chi connectivity index (χ3v) is 4.80. The Kier molecular flexibility index (Phi) is 5.96. The molecule has 1 aromatic heterocycles. The largest absolute Gasteiger partial charge is 0.407 e. The average Bonchev–Trinajstić information content (AvgIpc) is 3.03. The lowest BCUT2D eigenvalue weighted by Crippen LogP contribution is -2.12. The van der Waals surface area contributed by atoms with Gasteiger partial charge in [-0.1, -0.05) is 54.8 Å². The van der Waals surface area contributed by atoms with E-state index in [1.165, 1.54) is 4.90 Å². The van der Waals surface area contributed by atoms with Gasteiger partial charge in [0.05, 0.1) is 17.0 Å². The standard InChI is InChI=1S/C19H18ClN3O2S/c1-12(2)26-14-9-7-13(8-10-14)11-17-22-23-19(25-17)21-18(24)15-5-3-4-6-16(15)20/h3-10,12H,11H2,1-2H3,(H,21,23,24). The van der Waals surface area contributed by atoms with Crippen LogP contribution in [-0.2, 0) is 6.42 Å². The van der Waals surface area contributed by atoms with Crippen LogP contribution < -0.4 is 5.32 Å². The summed E-state index contributed by atoms with van der Waals surface area (Å²) in [6.45, 7) is 4.32. The van der Waals surface area contributed by atoms with Crippen LogP contribution in [0, 0.1) is 0 Å². The molecule has 0 unspecified atom stereocenters. The predicted octanol–water partition coefficient (Wildman–Crippen LogP) is 5.07. The molecule has 1 heterocycles. The molecule has 0 saturated carbocycles. The molecule has 0 saturated heterocycles. The van der Waals surface area contributed by atoms with Gasteiger partial charge in [-0.15, -0.1) is 16.9 Å². The summed E-state index contributed by atoms with van der Waals surface area (Å²) < 4.78 is 5.51. The molecule has 0 spiro atoms. The summed E-state index contributed by atoms with van der Waals surface area (Å²) in [5.74, 6) is 0.0459. The average molecular weight is 388 g/mol. The zero-order valence-corrected chi connectivity index (χ0v) is 16.0. The first kappa shape index (κ1) is 18.5. The van der Waals surface area contributed by atoms with Crippen molar-refractivity contribution >= 4 is 35.3 Å². The molecule has 3 rings (SSSR count). The summed E-state index contributed by atoms with van der Waals surface area (Å²) in [4.78, 5) is 13.4. The molecule has 3 aromatic rings. The van der Waals surface area contributed by atoms with Crippen LogP contribution in [0.2, 0.25) is 5.02 Å². The van der Waals surface area contributed by atoms with Gasteiger partial charge < -0.3 is 4.42 Å². The Morgan fingerprint density at radius 3 is 2.58 bits per heavy atom. The van der Waals surface area contributed by atoms with Gasteiger partial charge in [0.1, 0.15) is 0 Å². The van der Waals surface area contributed by atoms with Gasteiger partial charge in [-0.3, -0.25) is 10.1 Å². The molecule has 1 N–H and O–H groups in total. The highest BCUT2D eigenvalue weighted by Gasteiger charge is 2.14. The number of rotatable bonds is 6. The number of anilines is 1.